The molecule has 1 saturated carbocycles. The maximum absolute atomic E-state index is 14.0. The minimum atomic E-state index is -0.981. The van der Waals surface area contributed by atoms with Crippen LogP contribution in [-0.4, -0.2) is 50.2 Å². The summed E-state index contributed by atoms with van der Waals surface area (Å²) in [7, 11) is 0. The Hall–Kier alpha value is -2.91. The molecule has 0 bridgehead atoms. The molecular formula is C21H21ClFN3O5. The van der Waals surface area contributed by atoms with E-state index in [4.69, 9.17) is 11.6 Å². The molecule has 2 amide bonds. The molecule has 1 aromatic carbocycles. The van der Waals surface area contributed by atoms with Crippen molar-refractivity contribution in [2.75, 3.05) is 13.2 Å². The Kier molecular flexibility index (Phi) is 5.26. The van der Waals surface area contributed by atoms with Gasteiger partial charge in [0, 0.05) is 43.9 Å². The average molecular weight is 450 g/mol. The first-order valence-electron chi connectivity index (χ1n) is 9.85. The van der Waals surface area contributed by atoms with Crippen molar-refractivity contribution in [3.8, 4) is 5.75 Å². The fourth-order valence-corrected chi connectivity index (χ4v) is 4.61. The van der Waals surface area contributed by atoms with Gasteiger partial charge in [-0.3, -0.25) is 14.4 Å². The van der Waals surface area contributed by atoms with Crippen LogP contribution in [0.2, 0.25) is 5.02 Å². The lowest BCUT2D eigenvalue weighted by molar-refractivity contribution is 0.0508. The summed E-state index contributed by atoms with van der Waals surface area (Å²) < 4.78 is 15.4. The molecule has 0 radical (unpaired) electrons. The van der Waals surface area contributed by atoms with Crippen LogP contribution in [0.5, 0.6) is 5.75 Å². The second kappa shape index (κ2) is 7.65. The quantitative estimate of drug-likeness (QED) is 0.640. The smallest absolute Gasteiger partial charge is 0.275 e. The Morgan fingerprint density at radius 2 is 2.13 bits per heavy atom. The number of hydrogen-bond acceptors (Lipinski definition) is 5. The van der Waals surface area contributed by atoms with Crippen molar-refractivity contribution < 1.29 is 24.2 Å². The third-order valence-electron chi connectivity index (χ3n) is 6.14. The fourth-order valence-electron chi connectivity index (χ4n) is 4.41. The number of aromatic nitrogens is 1. The number of rotatable bonds is 5. The summed E-state index contributed by atoms with van der Waals surface area (Å²) in [5.74, 6) is -2.93. The second-order valence-electron chi connectivity index (χ2n) is 7.83. The zero-order valence-corrected chi connectivity index (χ0v) is 17.4. The van der Waals surface area contributed by atoms with Gasteiger partial charge in [0.2, 0.25) is 5.43 Å². The Labute approximate surface area is 181 Å². The molecule has 2 unspecified atom stereocenters. The predicted octanol–water partition coefficient (Wildman–Crippen LogP) is 1.50. The van der Waals surface area contributed by atoms with Crippen molar-refractivity contribution in [1.82, 2.24) is 14.8 Å². The zero-order chi connectivity index (χ0) is 22.5. The number of fused-ring (bicyclic) bond motifs is 1. The molecule has 1 spiro atoms. The Morgan fingerprint density at radius 3 is 2.77 bits per heavy atom. The second-order valence-corrected chi connectivity index (χ2v) is 8.24. The molecule has 1 aliphatic heterocycles. The van der Waals surface area contributed by atoms with Gasteiger partial charge in [-0.2, -0.15) is 0 Å². The lowest BCUT2D eigenvalue weighted by atomic mass is 10.0. The van der Waals surface area contributed by atoms with Gasteiger partial charge in [0.1, 0.15) is 11.4 Å². The number of benzene rings is 1. The first-order chi connectivity index (χ1) is 14.7. The maximum atomic E-state index is 14.0. The van der Waals surface area contributed by atoms with Crippen LogP contribution in [0.4, 0.5) is 4.39 Å². The molecule has 164 valence electrons. The average Bonchev–Trinajstić information content (AvgIpc) is 3.44. The normalized spacial score (nSPS) is 21.9. The minimum absolute atomic E-state index is 0.0922. The molecule has 2 atom stereocenters. The number of carbonyl (C=O) groups is 2. The number of halogens is 2. The van der Waals surface area contributed by atoms with Gasteiger partial charge in [-0.1, -0.05) is 23.7 Å². The molecule has 2 aliphatic rings. The Balaban J connectivity index is 1.66. The van der Waals surface area contributed by atoms with Gasteiger partial charge in [0.25, 0.3) is 11.8 Å². The predicted molar refractivity (Wildman–Crippen MR) is 110 cm³/mol. The van der Waals surface area contributed by atoms with Gasteiger partial charge in [0.05, 0.1) is 10.6 Å². The molecule has 0 saturated heterocycles. The third kappa shape index (κ3) is 3.28. The molecule has 4 rings (SSSR count). The zero-order valence-electron chi connectivity index (χ0n) is 16.7. The van der Waals surface area contributed by atoms with Crippen LogP contribution < -0.4 is 10.7 Å². The Bertz CT molecular complexity index is 1150. The van der Waals surface area contributed by atoms with Gasteiger partial charge >= 0.3 is 0 Å². The SMILES string of the molecule is CCN1C(=O)c2c(O)c(=O)c(C(=O)NCc3cccc(Cl)c3F)cn2CC12CC2CO. The number of aromatic hydroxyl groups is 1. The highest BCUT2D eigenvalue weighted by Crippen LogP contribution is 2.52. The summed E-state index contributed by atoms with van der Waals surface area (Å²) in [4.78, 5) is 39.8. The summed E-state index contributed by atoms with van der Waals surface area (Å²) in [6.45, 7) is 2.07. The first-order valence-corrected chi connectivity index (χ1v) is 10.2. The van der Waals surface area contributed by atoms with Gasteiger partial charge in [-0.25, -0.2) is 4.39 Å². The summed E-state index contributed by atoms with van der Waals surface area (Å²) in [5.41, 5.74) is -1.99. The van der Waals surface area contributed by atoms with E-state index in [2.05, 4.69) is 5.32 Å². The fraction of sp³-hybridized carbons (Fsp3) is 0.381. The standard InChI is InChI=1S/C21H21ClFN3O5/c1-2-26-20(31)16-18(29)17(28)13(8-25(16)10-21(26)6-12(21)9-27)19(30)24-7-11-4-3-5-14(22)15(11)23/h3-5,8,12,27,29H,2,6-7,9-10H2,1H3,(H,24,30). The van der Waals surface area contributed by atoms with E-state index in [1.54, 1.807) is 11.8 Å². The topological polar surface area (TPSA) is 112 Å². The number of aliphatic hydroxyl groups is 1. The molecule has 3 N–H and O–H groups in total. The van der Waals surface area contributed by atoms with Gasteiger partial charge in [-0.15, -0.1) is 0 Å². The van der Waals surface area contributed by atoms with E-state index in [0.29, 0.717) is 13.0 Å². The summed E-state index contributed by atoms with van der Waals surface area (Å²) in [6.07, 6.45) is 1.82. The largest absolute Gasteiger partial charge is 0.503 e. The number of likely N-dealkylation sites (N-methyl/N-ethyl adjacent to an activating group) is 1. The maximum Gasteiger partial charge on any atom is 0.275 e. The number of amides is 2. The highest BCUT2D eigenvalue weighted by Gasteiger charge is 2.61. The van der Waals surface area contributed by atoms with Gasteiger partial charge < -0.3 is 25.0 Å². The van der Waals surface area contributed by atoms with Gasteiger partial charge in [-0.05, 0) is 19.4 Å². The lowest BCUT2D eigenvalue weighted by Crippen LogP contribution is -2.52. The van der Waals surface area contributed by atoms with Crippen molar-refractivity contribution in [3.05, 3.63) is 62.3 Å². The minimum Gasteiger partial charge on any atom is -0.503 e. The van der Waals surface area contributed by atoms with Crippen LogP contribution in [0.15, 0.2) is 29.2 Å². The number of hydrogen-bond donors (Lipinski definition) is 3. The number of pyridine rings is 1. The summed E-state index contributed by atoms with van der Waals surface area (Å²) in [6, 6.07) is 4.35. The molecule has 2 heterocycles. The number of carbonyl (C=O) groups excluding carboxylic acids is 2. The van der Waals surface area contributed by atoms with E-state index >= 15 is 0 Å². The van der Waals surface area contributed by atoms with E-state index in [1.807, 2.05) is 0 Å². The van der Waals surface area contributed by atoms with Crippen molar-refractivity contribution in [2.24, 2.45) is 5.92 Å². The molecule has 2 aromatic rings. The van der Waals surface area contributed by atoms with Gasteiger partial charge in [0.15, 0.2) is 11.4 Å². The van der Waals surface area contributed by atoms with E-state index < -0.39 is 34.3 Å². The molecular weight excluding hydrogens is 429 g/mol. The van der Waals surface area contributed by atoms with Crippen molar-refractivity contribution in [3.63, 3.8) is 0 Å². The third-order valence-corrected chi connectivity index (χ3v) is 6.43. The molecule has 31 heavy (non-hydrogen) atoms. The van der Waals surface area contributed by atoms with Crippen LogP contribution >= 0.6 is 11.6 Å². The van der Waals surface area contributed by atoms with Crippen molar-refractivity contribution in [2.45, 2.75) is 32.0 Å². The van der Waals surface area contributed by atoms with Crippen LogP contribution in [0.25, 0.3) is 0 Å². The highest BCUT2D eigenvalue weighted by molar-refractivity contribution is 6.30. The number of aliphatic hydroxyl groups excluding tert-OH is 1. The van der Waals surface area contributed by atoms with Crippen molar-refractivity contribution >= 4 is 23.4 Å². The molecule has 8 nitrogen and oxygen atoms in total. The summed E-state index contributed by atoms with van der Waals surface area (Å²) >= 11 is 5.74. The number of nitrogens with one attached hydrogen (secondary N) is 1. The van der Waals surface area contributed by atoms with E-state index in [-0.39, 0.29) is 47.5 Å². The molecule has 1 fully saturated rings. The first kappa shape index (κ1) is 21.3. The molecule has 1 aromatic heterocycles. The monoisotopic (exact) mass is 449 g/mol. The van der Waals surface area contributed by atoms with Crippen LogP contribution in [0.1, 0.15) is 39.8 Å². The van der Waals surface area contributed by atoms with Crippen LogP contribution in [-0.2, 0) is 13.1 Å². The van der Waals surface area contributed by atoms with E-state index in [9.17, 15) is 29.0 Å². The molecule has 10 heteroatoms. The van der Waals surface area contributed by atoms with Crippen LogP contribution in [0, 0.1) is 11.7 Å². The molecule has 1 aliphatic carbocycles. The number of nitrogens with zero attached hydrogens (tertiary/aromatic N) is 2. The highest BCUT2D eigenvalue weighted by atomic mass is 35.5. The van der Waals surface area contributed by atoms with E-state index in [0.717, 1.165) is 0 Å². The van der Waals surface area contributed by atoms with Crippen LogP contribution in [0.3, 0.4) is 0 Å². The van der Waals surface area contributed by atoms with E-state index in [1.165, 1.54) is 29.0 Å². The Morgan fingerprint density at radius 1 is 1.39 bits per heavy atom. The van der Waals surface area contributed by atoms with Crippen molar-refractivity contribution in [1.29, 1.82) is 0 Å². The lowest BCUT2D eigenvalue weighted by Gasteiger charge is -2.38. The summed E-state index contributed by atoms with van der Waals surface area (Å²) in [5, 5.41) is 22.4.